The molecular formula is C20H29N3O5. The van der Waals surface area contributed by atoms with E-state index in [4.69, 9.17) is 4.74 Å². The fraction of sp³-hybridized carbons (Fsp3) is 0.600. The molecule has 8 heteroatoms. The molecule has 1 aromatic rings. The second kappa shape index (κ2) is 10.6. The Kier molecular flexibility index (Phi) is 8.22. The molecule has 3 atom stereocenters. The minimum Gasteiger partial charge on any atom is -0.453 e. The Bertz CT molecular complexity index is 694. The number of hydrogen-bond acceptors (Lipinski definition) is 6. The average Bonchev–Trinajstić information content (AvgIpc) is 2.67. The van der Waals surface area contributed by atoms with E-state index in [2.05, 4.69) is 17.6 Å². The molecule has 1 aromatic carbocycles. The van der Waals surface area contributed by atoms with Gasteiger partial charge in [-0.05, 0) is 38.2 Å². The molecule has 0 radical (unpaired) electrons. The van der Waals surface area contributed by atoms with Gasteiger partial charge in [0.2, 0.25) is 0 Å². The highest BCUT2D eigenvalue weighted by molar-refractivity contribution is 5.83. The Morgan fingerprint density at radius 3 is 2.71 bits per heavy atom. The number of nitro groups is 1. The molecule has 0 unspecified atom stereocenters. The van der Waals surface area contributed by atoms with Crippen LogP contribution in [-0.2, 0) is 14.3 Å². The standard InChI is InChI=1S/C20H29N3O5/c1-14-8-3-4-9-16(14)22-20(25)15(2)28-19(24)12-7-13-21-17-10-5-6-11-18(17)23(26)27/h5-6,10-11,14-16,21H,3-4,7-9,12-13H2,1-2H3,(H,22,25)/t14-,15-,16+/m1/s1. The lowest BCUT2D eigenvalue weighted by atomic mass is 9.86. The van der Waals surface area contributed by atoms with Gasteiger partial charge in [0.05, 0.1) is 4.92 Å². The van der Waals surface area contributed by atoms with E-state index in [1.165, 1.54) is 12.5 Å². The van der Waals surface area contributed by atoms with Crippen LogP contribution in [0.2, 0.25) is 0 Å². The summed E-state index contributed by atoms with van der Waals surface area (Å²) >= 11 is 0. The highest BCUT2D eigenvalue weighted by Gasteiger charge is 2.26. The zero-order chi connectivity index (χ0) is 20.5. The number of ether oxygens (including phenoxy) is 1. The maximum atomic E-state index is 12.2. The third-order valence-corrected chi connectivity index (χ3v) is 5.09. The van der Waals surface area contributed by atoms with Crippen LogP contribution in [0.4, 0.5) is 11.4 Å². The number of rotatable bonds is 9. The van der Waals surface area contributed by atoms with Gasteiger partial charge in [-0.3, -0.25) is 19.7 Å². The average molecular weight is 391 g/mol. The van der Waals surface area contributed by atoms with Crippen LogP contribution in [0.5, 0.6) is 0 Å². The summed E-state index contributed by atoms with van der Waals surface area (Å²) in [5.74, 6) is -0.275. The smallest absolute Gasteiger partial charge is 0.306 e. The SMILES string of the molecule is C[C@@H]1CCCC[C@@H]1NC(=O)[C@@H](C)OC(=O)CCCNc1ccccc1[N+](=O)[O-]. The summed E-state index contributed by atoms with van der Waals surface area (Å²) in [4.78, 5) is 34.7. The third-order valence-electron chi connectivity index (χ3n) is 5.09. The number of nitrogens with one attached hydrogen (secondary N) is 2. The van der Waals surface area contributed by atoms with Crippen molar-refractivity contribution in [1.29, 1.82) is 0 Å². The number of esters is 1. The van der Waals surface area contributed by atoms with Crippen molar-refractivity contribution < 1.29 is 19.2 Å². The Hall–Kier alpha value is -2.64. The van der Waals surface area contributed by atoms with Gasteiger partial charge in [-0.15, -0.1) is 0 Å². The molecule has 0 bridgehead atoms. The summed E-state index contributed by atoms with van der Waals surface area (Å²) in [7, 11) is 0. The lowest BCUT2D eigenvalue weighted by molar-refractivity contribution is -0.384. The molecule has 2 rings (SSSR count). The number of amides is 1. The first-order valence-corrected chi connectivity index (χ1v) is 9.85. The Labute approximate surface area is 165 Å². The monoisotopic (exact) mass is 391 g/mol. The van der Waals surface area contributed by atoms with E-state index in [1.807, 2.05) is 0 Å². The molecule has 0 heterocycles. The van der Waals surface area contributed by atoms with Crippen LogP contribution in [0.3, 0.4) is 0 Å². The maximum absolute atomic E-state index is 12.2. The molecule has 0 aromatic heterocycles. The molecule has 0 saturated heterocycles. The predicted molar refractivity (Wildman–Crippen MR) is 106 cm³/mol. The van der Waals surface area contributed by atoms with Crippen molar-refractivity contribution in [2.45, 2.75) is 64.5 Å². The molecule has 1 aliphatic carbocycles. The highest BCUT2D eigenvalue weighted by Crippen LogP contribution is 2.24. The van der Waals surface area contributed by atoms with Crippen LogP contribution in [0.15, 0.2) is 24.3 Å². The summed E-state index contributed by atoms with van der Waals surface area (Å²) in [6.45, 7) is 4.09. The first-order valence-electron chi connectivity index (χ1n) is 9.85. The van der Waals surface area contributed by atoms with Crippen molar-refractivity contribution in [2.24, 2.45) is 5.92 Å². The van der Waals surface area contributed by atoms with Crippen LogP contribution in [-0.4, -0.2) is 35.5 Å². The molecule has 1 fully saturated rings. The molecule has 28 heavy (non-hydrogen) atoms. The van der Waals surface area contributed by atoms with E-state index >= 15 is 0 Å². The van der Waals surface area contributed by atoms with Crippen molar-refractivity contribution in [3.63, 3.8) is 0 Å². The number of hydrogen-bond donors (Lipinski definition) is 2. The lowest BCUT2D eigenvalue weighted by Gasteiger charge is -2.30. The number of nitrogens with zero attached hydrogens (tertiary/aromatic N) is 1. The molecule has 2 N–H and O–H groups in total. The minimum atomic E-state index is -0.829. The Morgan fingerprint density at radius 2 is 2.00 bits per heavy atom. The molecule has 154 valence electrons. The van der Waals surface area contributed by atoms with E-state index in [9.17, 15) is 19.7 Å². The largest absolute Gasteiger partial charge is 0.453 e. The summed E-state index contributed by atoms with van der Waals surface area (Å²) < 4.78 is 5.22. The number of nitro benzene ring substituents is 1. The molecule has 0 spiro atoms. The predicted octanol–water partition coefficient (Wildman–Crippen LogP) is 3.41. The summed E-state index contributed by atoms with van der Waals surface area (Å²) in [5, 5.41) is 16.9. The van der Waals surface area contributed by atoms with Gasteiger partial charge in [-0.1, -0.05) is 31.9 Å². The molecule has 1 saturated carbocycles. The number of carbonyl (C=O) groups excluding carboxylic acids is 2. The van der Waals surface area contributed by atoms with Crippen molar-refractivity contribution in [1.82, 2.24) is 5.32 Å². The van der Waals surface area contributed by atoms with E-state index in [0.29, 0.717) is 24.6 Å². The second-order valence-electron chi connectivity index (χ2n) is 7.31. The van der Waals surface area contributed by atoms with Crippen molar-refractivity contribution in [2.75, 3.05) is 11.9 Å². The van der Waals surface area contributed by atoms with E-state index in [1.54, 1.807) is 25.1 Å². The minimum absolute atomic E-state index is 0.00712. The maximum Gasteiger partial charge on any atom is 0.306 e. The highest BCUT2D eigenvalue weighted by atomic mass is 16.6. The topological polar surface area (TPSA) is 111 Å². The van der Waals surface area contributed by atoms with Crippen molar-refractivity contribution in [3.8, 4) is 0 Å². The van der Waals surface area contributed by atoms with Gasteiger partial charge in [-0.25, -0.2) is 0 Å². The quantitative estimate of drug-likeness (QED) is 0.289. The van der Waals surface area contributed by atoms with Gasteiger partial charge in [-0.2, -0.15) is 0 Å². The van der Waals surface area contributed by atoms with Crippen LogP contribution in [0, 0.1) is 16.0 Å². The fourth-order valence-corrected chi connectivity index (χ4v) is 3.38. The van der Waals surface area contributed by atoms with Gasteiger partial charge < -0.3 is 15.4 Å². The molecular weight excluding hydrogens is 362 g/mol. The van der Waals surface area contributed by atoms with Crippen LogP contribution in [0.1, 0.15) is 52.4 Å². The zero-order valence-electron chi connectivity index (χ0n) is 16.5. The molecule has 1 aliphatic rings. The number of carbonyl (C=O) groups is 2. The van der Waals surface area contributed by atoms with Gasteiger partial charge in [0.25, 0.3) is 11.6 Å². The van der Waals surface area contributed by atoms with E-state index in [0.717, 1.165) is 19.3 Å². The zero-order valence-corrected chi connectivity index (χ0v) is 16.5. The summed E-state index contributed by atoms with van der Waals surface area (Å²) in [5.41, 5.74) is 0.405. The number of anilines is 1. The molecule has 0 aliphatic heterocycles. The van der Waals surface area contributed by atoms with Crippen molar-refractivity contribution in [3.05, 3.63) is 34.4 Å². The fourth-order valence-electron chi connectivity index (χ4n) is 3.38. The molecule has 1 amide bonds. The third kappa shape index (κ3) is 6.51. The Morgan fingerprint density at radius 1 is 1.29 bits per heavy atom. The number of benzene rings is 1. The first-order chi connectivity index (χ1) is 13.4. The summed E-state index contributed by atoms with van der Waals surface area (Å²) in [6, 6.07) is 6.49. The first kappa shape index (κ1) is 21.7. The van der Waals surface area contributed by atoms with Gasteiger partial charge >= 0.3 is 5.97 Å². The second-order valence-corrected chi connectivity index (χ2v) is 7.31. The number of para-hydroxylation sites is 2. The van der Waals surface area contributed by atoms with Gasteiger partial charge in [0.15, 0.2) is 6.10 Å². The van der Waals surface area contributed by atoms with Crippen LogP contribution < -0.4 is 10.6 Å². The van der Waals surface area contributed by atoms with Crippen LogP contribution in [0.25, 0.3) is 0 Å². The van der Waals surface area contributed by atoms with Gasteiger partial charge in [0, 0.05) is 25.1 Å². The Balaban J connectivity index is 1.69. The summed E-state index contributed by atoms with van der Waals surface area (Å²) in [6.07, 6.45) is 4.11. The lowest BCUT2D eigenvalue weighted by Crippen LogP contribution is -2.45. The van der Waals surface area contributed by atoms with Crippen molar-refractivity contribution >= 4 is 23.3 Å². The van der Waals surface area contributed by atoms with Crippen LogP contribution >= 0.6 is 0 Å². The van der Waals surface area contributed by atoms with Gasteiger partial charge in [0.1, 0.15) is 5.69 Å². The van der Waals surface area contributed by atoms with E-state index < -0.39 is 17.0 Å². The van der Waals surface area contributed by atoms with E-state index in [-0.39, 0.29) is 24.1 Å². The molecule has 8 nitrogen and oxygen atoms in total. The normalized spacial score (nSPS) is 20.1.